The summed E-state index contributed by atoms with van der Waals surface area (Å²) in [5.41, 5.74) is 2.16. The maximum atomic E-state index is 11.1. The number of nitriles is 1. The summed E-state index contributed by atoms with van der Waals surface area (Å²) >= 11 is 8.20. The number of thiazole rings is 1. The van der Waals surface area contributed by atoms with Gasteiger partial charge in [0.1, 0.15) is 11.8 Å². The van der Waals surface area contributed by atoms with E-state index in [9.17, 15) is 10.1 Å². The molecule has 1 aromatic carbocycles. The minimum absolute atomic E-state index is 0.201. The standard InChI is InChI=1S/C21H19ClN8O2S/c1-10-24-12-4-3-11(15(22)17(12)33-10)16-14-13(9-23)25-19(26-18(14)29-28-16)30-7-5-21(2,6-8-30)27-20(31)32/h3-4,27H,5-8H2,1-2H3,(H,31,32)(H,25,26,28,29). The van der Waals surface area contributed by atoms with Crippen LogP contribution in [0.3, 0.4) is 0 Å². The lowest BCUT2D eigenvalue weighted by Gasteiger charge is -2.39. The van der Waals surface area contributed by atoms with Gasteiger partial charge in [0.15, 0.2) is 11.3 Å². The molecule has 1 saturated heterocycles. The third-order valence-corrected chi connectivity index (χ3v) is 7.44. The highest BCUT2D eigenvalue weighted by molar-refractivity contribution is 7.19. The summed E-state index contributed by atoms with van der Waals surface area (Å²) in [5, 5.41) is 30.8. The van der Waals surface area contributed by atoms with Gasteiger partial charge in [-0.3, -0.25) is 5.10 Å². The molecule has 10 nitrogen and oxygen atoms in total. The smallest absolute Gasteiger partial charge is 0.405 e. The monoisotopic (exact) mass is 482 g/mol. The van der Waals surface area contributed by atoms with Crippen molar-refractivity contribution in [1.82, 2.24) is 30.5 Å². The molecule has 3 aromatic heterocycles. The highest BCUT2D eigenvalue weighted by Crippen LogP contribution is 2.39. The van der Waals surface area contributed by atoms with E-state index < -0.39 is 11.6 Å². The lowest BCUT2D eigenvalue weighted by molar-refractivity contribution is 0.173. The van der Waals surface area contributed by atoms with Gasteiger partial charge in [-0.05, 0) is 38.8 Å². The number of H-pyrrole nitrogens is 1. The number of carboxylic acid groups (broad SMARTS) is 1. The van der Waals surface area contributed by atoms with Gasteiger partial charge >= 0.3 is 6.09 Å². The van der Waals surface area contributed by atoms with Crippen molar-refractivity contribution in [3.8, 4) is 17.3 Å². The van der Waals surface area contributed by atoms with Crippen molar-refractivity contribution in [2.45, 2.75) is 32.2 Å². The first-order valence-electron chi connectivity index (χ1n) is 10.3. The summed E-state index contributed by atoms with van der Waals surface area (Å²) < 4.78 is 0.866. The molecule has 0 bridgehead atoms. The Morgan fingerprint density at radius 2 is 2.09 bits per heavy atom. The van der Waals surface area contributed by atoms with Crippen LogP contribution in [0.4, 0.5) is 10.7 Å². The number of benzene rings is 1. The third-order valence-electron chi connectivity index (χ3n) is 5.93. The first-order chi connectivity index (χ1) is 15.8. The number of aromatic amines is 1. The lowest BCUT2D eigenvalue weighted by Crippen LogP contribution is -2.53. The number of hydrogen-bond acceptors (Lipinski definition) is 8. The van der Waals surface area contributed by atoms with E-state index in [0.29, 0.717) is 59.2 Å². The molecule has 1 aliphatic heterocycles. The molecule has 4 heterocycles. The highest BCUT2D eigenvalue weighted by atomic mass is 35.5. The predicted octanol–water partition coefficient (Wildman–Crippen LogP) is 4.09. The Bertz CT molecular complexity index is 1450. The Labute approximate surface area is 197 Å². The summed E-state index contributed by atoms with van der Waals surface area (Å²) in [6.07, 6.45) is 0.159. The Morgan fingerprint density at radius 3 is 2.79 bits per heavy atom. The Kier molecular flexibility index (Phi) is 5.07. The van der Waals surface area contributed by atoms with E-state index in [1.54, 1.807) is 0 Å². The summed E-state index contributed by atoms with van der Waals surface area (Å²) in [6.45, 7) is 4.92. The van der Waals surface area contributed by atoms with E-state index in [0.717, 1.165) is 15.2 Å². The average molecular weight is 483 g/mol. The van der Waals surface area contributed by atoms with Crippen LogP contribution in [0.15, 0.2) is 12.1 Å². The van der Waals surface area contributed by atoms with Crippen molar-refractivity contribution in [2.24, 2.45) is 0 Å². The summed E-state index contributed by atoms with van der Waals surface area (Å²) in [5.74, 6) is 0.409. The number of aryl methyl sites for hydroxylation is 1. The number of carbonyl (C=O) groups is 1. The van der Waals surface area contributed by atoms with Crippen LogP contribution < -0.4 is 10.2 Å². The number of rotatable bonds is 3. The summed E-state index contributed by atoms with van der Waals surface area (Å²) in [6, 6.07) is 5.90. The number of nitrogens with zero attached hydrogens (tertiary/aromatic N) is 6. The van der Waals surface area contributed by atoms with Crippen LogP contribution in [0.2, 0.25) is 5.02 Å². The van der Waals surface area contributed by atoms with Gasteiger partial charge in [-0.2, -0.15) is 15.3 Å². The molecule has 0 aliphatic carbocycles. The van der Waals surface area contributed by atoms with Crippen molar-refractivity contribution in [2.75, 3.05) is 18.0 Å². The number of fused-ring (bicyclic) bond motifs is 2. The van der Waals surface area contributed by atoms with Crippen LogP contribution in [0, 0.1) is 18.3 Å². The fraction of sp³-hybridized carbons (Fsp3) is 0.333. The largest absolute Gasteiger partial charge is 0.465 e. The zero-order valence-electron chi connectivity index (χ0n) is 17.8. The SMILES string of the molecule is Cc1nc2ccc(-c3n[nH]c4nc(N5CCC(C)(NC(=O)O)CC5)nc(C#N)c34)c(Cl)c2s1. The molecule has 3 N–H and O–H groups in total. The van der Waals surface area contributed by atoms with Gasteiger partial charge in [-0.1, -0.05) is 11.6 Å². The van der Waals surface area contributed by atoms with Gasteiger partial charge in [0.05, 0.1) is 25.6 Å². The third kappa shape index (κ3) is 3.71. The molecule has 0 spiro atoms. The first kappa shape index (κ1) is 21.4. The minimum Gasteiger partial charge on any atom is -0.465 e. The van der Waals surface area contributed by atoms with Crippen molar-refractivity contribution in [1.29, 1.82) is 5.26 Å². The molecule has 5 rings (SSSR count). The number of aromatic nitrogens is 5. The second-order valence-electron chi connectivity index (χ2n) is 8.27. The second-order valence-corrected chi connectivity index (χ2v) is 9.85. The molecule has 12 heteroatoms. The Morgan fingerprint density at radius 1 is 1.33 bits per heavy atom. The molecule has 0 radical (unpaired) electrons. The van der Waals surface area contributed by atoms with E-state index in [4.69, 9.17) is 16.7 Å². The average Bonchev–Trinajstić information content (AvgIpc) is 3.36. The molecule has 0 unspecified atom stereocenters. The lowest BCUT2D eigenvalue weighted by atomic mass is 9.90. The van der Waals surface area contributed by atoms with Gasteiger partial charge in [0.25, 0.3) is 0 Å². The van der Waals surface area contributed by atoms with Crippen molar-refractivity contribution < 1.29 is 9.90 Å². The second kappa shape index (κ2) is 7.83. The zero-order chi connectivity index (χ0) is 23.3. The quantitative estimate of drug-likeness (QED) is 0.396. The molecule has 1 amide bonds. The Balaban J connectivity index is 1.53. The normalized spacial score (nSPS) is 15.6. The van der Waals surface area contributed by atoms with E-state index >= 15 is 0 Å². The number of piperidine rings is 1. The van der Waals surface area contributed by atoms with Crippen LogP contribution >= 0.6 is 22.9 Å². The maximum absolute atomic E-state index is 11.1. The summed E-state index contributed by atoms with van der Waals surface area (Å²) in [4.78, 5) is 26.6. The van der Waals surface area contributed by atoms with E-state index in [1.807, 2.05) is 30.9 Å². The topological polar surface area (TPSA) is 144 Å². The van der Waals surface area contributed by atoms with Gasteiger partial charge in [-0.15, -0.1) is 11.3 Å². The van der Waals surface area contributed by atoms with Crippen molar-refractivity contribution >= 4 is 56.2 Å². The maximum Gasteiger partial charge on any atom is 0.405 e. The number of nitrogens with one attached hydrogen (secondary N) is 2. The number of halogens is 1. The number of amides is 1. The van der Waals surface area contributed by atoms with Gasteiger partial charge < -0.3 is 15.3 Å². The van der Waals surface area contributed by atoms with Gasteiger partial charge in [0.2, 0.25) is 5.95 Å². The van der Waals surface area contributed by atoms with Crippen molar-refractivity contribution in [3.05, 3.63) is 27.9 Å². The van der Waals surface area contributed by atoms with Crippen LogP contribution in [0.5, 0.6) is 0 Å². The molecular formula is C21H19ClN8O2S. The van der Waals surface area contributed by atoms with E-state index in [-0.39, 0.29) is 5.69 Å². The minimum atomic E-state index is -1.04. The van der Waals surface area contributed by atoms with Crippen LogP contribution in [0.1, 0.15) is 30.5 Å². The van der Waals surface area contributed by atoms with Crippen LogP contribution in [-0.4, -0.2) is 55.0 Å². The van der Waals surface area contributed by atoms with Crippen LogP contribution in [0.25, 0.3) is 32.5 Å². The fourth-order valence-corrected chi connectivity index (χ4v) is 5.40. The zero-order valence-corrected chi connectivity index (χ0v) is 19.4. The summed E-state index contributed by atoms with van der Waals surface area (Å²) in [7, 11) is 0. The first-order valence-corrected chi connectivity index (χ1v) is 11.5. The molecular weight excluding hydrogens is 464 g/mol. The van der Waals surface area contributed by atoms with Gasteiger partial charge in [-0.25, -0.2) is 14.8 Å². The molecule has 1 fully saturated rings. The van der Waals surface area contributed by atoms with E-state index in [2.05, 4.69) is 36.5 Å². The van der Waals surface area contributed by atoms with E-state index in [1.165, 1.54) is 11.3 Å². The van der Waals surface area contributed by atoms with Crippen LogP contribution in [-0.2, 0) is 0 Å². The number of anilines is 1. The Hall–Kier alpha value is -3.49. The molecule has 4 aromatic rings. The van der Waals surface area contributed by atoms with Crippen molar-refractivity contribution in [3.63, 3.8) is 0 Å². The van der Waals surface area contributed by atoms with Gasteiger partial charge in [0, 0.05) is 24.2 Å². The number of hydrogen-bond donors (Lipinski definition) is 3. The molecule has 0 saturated carbocycles. The highest BCUT2D eigenvalue weighted by Gasteiger charge is 2.33. The molecule has 0 atom stereocenters. The molecule has 33 heavy (non-hydrogen) atoms. The molecule has 168 valence electrons. The molecule has 1 aliphatic rings. The fourth-order valence-electron chi connectivity index (χ4n) is 4.17. The predicted molar refractivity (Wildman–Crippen MR) is 126 cm³/mol.